The minimum Gasteiger partial charge on any atom is -0.330 e. The van der Waals surface area contributed by atoms with Crippen molar-refractivity contribution in [2.75, 3.05) is 6.54 Å². The molecule has 0 aromatic heterocycles. The first-order chi connectivity index (χ1) is 9.29. The summed E-state index contributed by atoms with van der Waals surface area (Å²) in [6.45, 7) is 0.587. The van der Waals surface area contributed by atoms with Crippen LogP contribution in [0.4, 0.5) is 4.39 Å². The van der Waals surface area contributed by atoms with Crippen molar-refractivity contribution in [1.29, 1.82) is 0 Å². The van der Waals surface area contributed by atoms with Gasteiger partial charge in [-0.15, -0.1) is 12.4 Å². The predicted octanol–water partition coefficient (Wildman–Crippen LogP) is 4.45. The summed E-state index contributed by atoms with van der Waals surface area (Å²) >= 11 is 0. The van der Waals surface area contributed by atoms with E-state index in [9.17, 15) is 4.39 Å². The van der Waals surface area contributed by atoms with Gasteiger partial charge in [0.1, 0.15) is 5.82 Å². The van der Waals surface area contributed by atoms with Gasteiger partial charge < -0.3 is 5.73 Å². The van der Waals surface area contributed by atoms with Crippen LogP contribution in [-0.4, -0.2) is 6.54 Å². The summed E-state index contributed by atoms with van der Waals surface area (Å²) < 4.78 is 14.0. The van der Waals surface area contributed by atoms with E-state index in [1.807, 2.05) is 18.2 Å². The van der Waals surface area contributed by atoms with Gasteiger partial charge in [0, 0.05) is 0 Å². The molecule has 0 saturated heterocycles. The fraction of sp³-hybridized carbons (Fsp3) is 0.176. The SMILES string of the molecule is Cl.NCCCc1c(F)ccc2cc3ccccc3cc12. The molecule has 0 aliphatic heterocycles. The van der Waals surface area contributed by atoms with Crippen LogP contribution in [0.25, 0.3) is 21.5 Å². The molecule has 3 rings (SSSR count). The van der Waals surface area contributed by atoms with E-state index in [1.54, 1.807) is 6.07 Å². The summed E-state index contributed by atoms with van der Waals surface area (Å²) in [6.07, 6.45) is 1.50. The second kappa shape index (κ2) is 6.21. The Kier molecular flexibility index (Phi) is 4.58. The molecule has 0 aliphatic carbocycles. The Balaban J connectivity index is 0.00000147. The summed E-state index contributed by atoms with van der Waals surface area (Å²) in [4.78, 5) is 0. The van der Waals surface area contributed by atoms with Crippen molar-refractivity contribution < 1.29 is 4.39 Å². The maximum atomic E-state index is 14.0. The molecule has 3 heteroatoms. The molecule has 1 nitrogen and oxygen atoms in total. The van der Waals surface area contributed by atoms with Crippen molar-refractivity contribution >= 4 is 34.0 Å². The van der Waals surface area contributed by atoms with Crippen molar-refractivity contribution in [3.63, 3.8) is 0 Å². The Morgan fingerprint density at radius 2 is 1.60 bits per heavy atom. The molecule has 0 spiro atoms. The molecule has 0 saturated carbocycles. The van der Waals surface area contributed by atoms with Crippen molar-refractivity contribution in [2.45, 2.75) is 12.8 Å². The van der Waals surface area contributed by atoms with Crippen LogP contribution in [0.5, 0.6) is 0 Å². The smallest absolute Gasteiger partial charge is 0.127 e. The number of fused-ring (bicyclic) bond motifs is 2. The van der Waals surface area contributed by atoms with E-state index >= 15 is 0 Å². The van der Waals surface area contributed by atoms with Crippen LogP contribution in [0, 0.1) is 5.82 Å². The standard InChI is InChI=1S/C17H16FN.ClH/c18-17-8-7-14-10-12-4-1-2-5-13(12)11-16(14)15(17)6-3-9-19;/h1-2,4-5,7-8,10-11H,3,6,9,19H2;1H. The number of hydrogen-bond donors (Lipinski definition) is 1. The molecule has 0 aliphatic rings. The average molecular weight is 290 g/mol. The second-order valence-electron chi connectivity index (χ2n) is 4.84. The zero-order valence-corrected chi connectivity index (χ0v) is 11.9. The van der Waals surface area contributed by atoms with E-state index in [0.717, 1.165) is 28.1 Å². The number of rotatable bonds is 3. The lowest BCUT2D eigenvalue weighted by Gasteiger charge is -2.09. The molecule has 3 aromatic rings. The second-order valence-corrected chi connectivity index (χ2v) is 4.84. The summed E-state index contributed by atoms with van der Waals surface area (Å²) in [5, 5.41) is 4.43. The third kappa shape index (κ3) is 2.62. The highest BCUT2D eigenvalue weighted by Crippen LogP contribution is 2.27. The topological polar surface area (TPSA) is 26.0 Å². The van der Waals surface area contributed by atoms with E-state index in [4.69, 9.17) is 5.73 Å². The first-order valence-electron chi connectivity index (χ1n) is 6.59. The number of halogens is 2. The summed E-state index contributed by atoms with van der Waals surface area (Å²) in [7, 11) is 0. The average Bonchev–Trinajstić information content (AvgIpc) is 2.44. The number of hydrogen-bond acceptors (Lipinski definition) is 1. The predicted molar refractivity (Wildman–Crippen MR) is 86.0 cm³/mol. The van der Waals surface area contributed by atoms with Gasteiger partial charge in [0.15, 0.2) is 0 Å². The van der Waals surface area contributed by atoms with Crippen LogP contribution in [0.1, 0.15) is 12.0 Å². The monoisotopic (exact) mass is 289 g/mol. The lowest BCUT2D eigenvalue weighted by atomic mass is 9.97. The maximum Gasteiger partial charge on any atom is 0.127 e. The molecule has 0 atom stereocenters. The van der Waals surface area contributed by atoms with Gasteiger partial charge >= 0.3 is 0 Å². The van der Waals surface area contributed by atoms with Crippen LogP contribution >= 0.6 is 12.4 Å². The molecule has 20 heavy (non-hydrogen) atoms. The van der Waals surface area contributed by atoms with Gasteiger partial charge in [0.05, 0.1) is 0 Å². The van der Waals surface area contributed by atoms with Crippen LogP contribution in [0.3, 0.4) is 0 Å². The molecular weight excluding hydrogens is 273 g/mol. The zero-order valence-electron chi connectivity index (χ0n) is 11.1. The Labute approximate surface area is 124 Å². The normalized spacial score (nSPS) is 10.7. The zero-order chi connectivity index (χ0) is 13.2. The minimum absolute atomic E-state index is 0. The van der Waals surface area contributed by atoms with Gasteiger partial charge in [0.25, 0.3) is 0 Å². The van der Waals surface area contributed by atoms with Crippen LogP contribution in [0.2, 0.25) is 0 Å². The Hall–Kier alpha value is -1.64. The Morgan fingerprint density at radius 1 is 0.900 bits per heavy atom. The first kappa shape index (κ1) is 14.8. The summed E-state index contributed by atoms with van der Waals surface area (Å²) in [6, 6.07) is 15.8. The molecule has 0 unspecified atom stereocenters. The maximum absolute atomic E-state index is 14.0. The van der Waals surface area contributed by atoms with Gasteiger partial charge in [-0.3, -0.25) is 0 Å². The molecule has 3 aromatic carbocycles. The van der Waals surface area contributed by atoms with Crippen molar-refractivity contribution in [1.82, 2.24) is 0 Å². The lowest BCUT2D eigenvalue weighted by Crippen LogP contribution is -2.02. The number of nitrogens with two attached hydrogens (primary N) is 1. The van der Waals surface area contributed by atoms with Crippen molar-refractivity contribution in [3.8, 4) is 0 Å². The number of benzene rings is 3. The summed E-state index contributed by atoms with van der Waals surface area (Å²) in [5.41, 5.74) is 6.32. The highest BCUT2D eigenvalue weighted by Gasteiger charge is 2.08. The molecular formula is C17H17ClFN. The molecule has 0 radical (unpaired) electrons. The van der Waals surface area contributed by atoms with Gasteiger partial charge in [-0.2, -0.15) is 0 Å². The molecule has 0 heterocycles. The minimum atomic E-state index is -0.128. The summed E-state index contributed by atoms with van der Waals surface area (Å²) in [5.74, 6) is -0.128. The lowest BCUT2D eigenvalue weighted by molar-refractivity contribution is 0.608. The van der Waals surface area contributed by atoms with Crippen LogP contribution in [-0.2, 0) is 6.42 Å². The fourth-order valence-corrected chi connectivity index (χ4v) is 2.58. The van der Waals surface area contributed by atoms with Gasteiger partial charge in [-0.25, -0.2) is 4.39 Å². The van der Waals surface area contributed by atoms with Gasteiger partial charge in [-0.05, 0) is 64.7 Å². The number of aryl methyl sites for hydroxylation is 1. The van der Waals surface area contributed by atoms with E-state index in [2.05, 4.69) is 24.3 Å². The third-order valence-electron chi connectivity index (χ3n) is 3.57. The van der Waals surface area contributed by atoms with Gasteiger partial charge in [-0.1, -0.05) is 30.3 Å². The van der Waals surface area contributed by atoms with E-state index in [1.165, 1.54) is 5.39 Å². The molecule has 2 N–H and O–H groups in total. The molecule has 0 amide bonds. The van der Waals surface area contributed by atoms with E-state index in [-0.39, 0.29) is 18.2 Å². The molecule has 0 bridgehead atoms. The van der Waals surface area contributed by atoms with Crippen molar-refractivity contribution in [2.24, 2.45) is 5.73 Å². The van der Waals surface area contributed by atoms with Crippen LogP contribution in [0.15, 0.2) is 48.5 Å². The van der Waals surface area contributed by atoms with E-state index < -0.39 is 0 Å². The third-order valence-corrected chi connectivity index (χ3v) is 3.57. The quantitative estimate of drug-likeness (QED) is 0.709. The van der Waals surface area contributed by atoms with Crippen LogP contribution < -0.4 is 5.73 Å². The Morgan fingerprint density at radius 3 is 2.30 bits per heavy atom. The first-order valence-corrected chi connectivity index (χ1v) is 6.59. The highest BCUT2D eigenvalue weighted by atomic mass is 35.5. The molecule has 0 fully saturated rings. The largest absolute Gasteiger partial charge is 0.330 e. The highest BCUT2D eigenvalue weighted by molar-refractivity contribution is 5.99. The fourth-order valence-electron chi connectivity index (χ4n) is 2.58. The van der Waals surface area contributed by atoms with Crippen molar-refractivity contribution in [3.05, 3.63) is 59.9 Å². The van der Waals surface area contributed by atoms with E-state index in [0.29, 0.717) is 13.0 Å². The van der Waals surface area contributed by atoms with Gasteiger partial charge in [0.2, 0.25) is 0 Å². The molecule has 104 valence electrons. The Bertz CT molecular complexity index is 739.